The van der Waals surface area contributed by atoms with Gasteiger partial charge in [-0.15, -0.1) is 0 Å². The lowest BCUT2D eigenvalue weighted by molar-refractivity contribution is -0.264. The van der Waals surface area contributed by atoms with Crippen molar-refractivity contribution in [1.82, 2.24) is 5.32 Å². The molecule has 2 heterocycles. The fourth-order valence-corrected chi connectivity index (χ4v) is 4.13. The number of hydrogen-bond donors (Lipinski definition) is 1. The summed E-state index contributed by atoms with van der Waals surface area (Å²) in [7, 11) is 0. The average Bonchev–Trinajstić information content (AvgIpc) is 3.57. The van der Waals surface area contributed by atoms with Crippen molar-refractivity contribution in [1.29, 1.82) is 0 Å². The minimum absolute atomic E-state index is 0.176. The second kappa shape index (κ2) is 7.62. The Morgan fingerprint density at radius 1 is 1.03 bits per heavy atom. The molecule has 164 valence electrons. The maximum absolute atomic E-state index is 13.3. The van der Waals surface area contributed by atoms with Crippen molar-refractivity contribution < 1.29 is 27.4 Å². The predicted molar refractivity (Wildman–Crippen MR) is 107 cm³/mol. The quantitative estimate of drug-likeness (QED) is 0.781. The Kier molecular flexibility index (Phi) is 5.03. The summed E-state index contributed by atoms with van der Waals surface area (Å²) in [5.74, 6) is -1.05. The third-order valence-electron chi connectivity index (χ3n) is 6.07. The Morgan fingerprint density at radius 2 is 1.71 bits per heavy atom. The highest BCUT2D eigenvalue weighted by Gasteiger charge is 2.56. The summed E-state index contributed by atoms with van der Waals surface area (Å²) in [5.41, 5.74) is 1.64. The van der Waals surface area contributed by atoms with Gasteiger partial charge in [0.1, 0.15) is 0 Å². The van der Waals surface area contributed by atoms with Gasteiger partial charge in [-0.05, 0) is 42.5 Å². The van der Waals surface area contributed by atoms with Gasteiger partial charge < -0.3 is 19.7 Å². The van der Waals surface area contributed by atoms with Crippen molar-refractivity contribution in [3.05, 3.63) is 65.2 Å². The maximum Gasteiger partial charge on any atom is 0.416 e. The number of carbonyl (C=O) groups excluding carboxylic acids is 1. The molecule has 8 heteroatoms. The molecule has 5 rings (SSSR count). The number of benzene rings is 2. The molecule has 3 aliphatic rings. The minimum atomic E-state index is -4.34. The van der Waals surface area contributed by atoms with E-state index in [1.807, 2.05) is 24.3 Å². The molecule has 31 heavy (non-hydrogen) atoms. The Balaban J connectivity index is 1.23. The number of nitrogens with one attached hydrogen (secondary N) is 1. The Morgan fingerprint density at radius 3 is 2.35 bits per heavy atom. The highest BCUT2D eigenvalue weighted by atomic mass is 19.4. The monoisotopic (exact) mass is 432 g/mol. The molecular formula is C23H23F3N2O3. The number of amides is 1. The first-order chi connectivity index (χ1) is 14.9. The van der Waals surface area contributed by atoms with Crippen LogP contribution < -0.4 is 10.2 Å². The molecule has 0 unspecified atom stereocenters. The molecule has 2 fully saturated rings. The Bertz CT molecular complexity index is 965. The van der Waals surface area contributed by atoms with Gasteiger partial charge in [0.2, 0.25) is 0 Å². The van der Waals surface area contributed by atoms with Crippen LogP contribution in [0.5, 0.6) is 0 Å². The summed E-state index contributed by atoms with van der Waals surface area (Å²) in [6.07, 6.45) is -2.07. The lowest BCUT2D eigenvalue weighted by Gasteiger charge is -2.36. The molecule has 0 atom stereocenters. The van der Waals surface area contributed by atoms with Crippen LogP contribution in [0, 0.1) is 5.92 Å². The first kappa shape index (κ1) is 20.5. The van der Waals surface area contributed by atoms with Crippen molar-refractivity contribution >= 4 is 11.6 Å². The number of anilines is 1. The summed E-state index contributed by atoms with van der Waals surface area (Å²) in [6, 6.07) is 12.4. The van der Waals surface area contributed by atoms with Gasteiger partial charge in [0, 0.05) is 18.7 Å². The fourth-order valence-electron chi connectivity index (χ4n) is 4.13. The number of rotatable bonds is 5. The van der Waals surface area contributed by atoms with Crippen LogP contribution in [-0.2, 0) is 32.8 Å². The van der Waals surface area contributed by atoms with E-state index in [2.05, 4.69) is 5.32 Å². The van der Waals surface area contributed by atoms with Crippen molar-refractivity contribution in [3.8, 4) is 0 Å². The van der Waals surface area contributed by atoms with Crippen LogP contribution in [0.25, 0.3) is 0 Å². The molecule has 2 aromatic rings. The van der Waals surface area contributed by atoms with E-state index in [1.165, 1.54) is 12.1 Å². The van der Waals surface area contributed by atoms with E-state index in [0.29, 0.717) is 19.0 Å². The number of hydrogen-bond acceptors (Lipinski definition) is 4. The van der Waals surface area contributed by atoms with Gasteiger partial charge in [-0.2, -0.15) is 13.2 Å². The number of para-hydroxylation sites is 1. The third kappa shape index (κ3) is 3.84. The van der Waals surface area contributed by atoms with Crippen molar-refractivity contribution in [2.24, 2.45) is 5.92 Å². The van der Waals surface area contributed by atoms with Gasteiger partial charge in [-0.3, -0.25) is 4.79 Å². The fraction of sp³-hybridized carbons (Fsp3) is 0.435. The topological polar surface area (TPSA) is 50.8 Å². The standard InChI is InChI=1S/C23H23F3N2O3/c24-23(25,26)17-9-7-15(8-10-17)11-27-18-13-30-22(31-14-18)19-3-1-2-4-20(19)28(21(22)29)12-16-5-6-16/h1-4,7-10,16,18,27H,5-6,11-14H2. The van der Waals surface area contributed by atoms with Crippen LogP contribution in [0.4, 0.5) is 18.9 Å². The summed E-state index contributed by atoms with van der Waals surface area (Å²) >= 11 is 0. The van der Waals surface area contributed by atoms with Crippen LogP contribution in [-0.4, -0.2) is 31.7 Å². The van der Waals surface area contributed by atoms with E-state index in [0.717, 1.165) is 41.8 Å². The normalized spacial score (nSPS) is 25.8. The molecule has 2 aliphatic heterocycles. The first-order valence-corrected chi connectivity index (χ1v) is 10.5. The SMILES string of the molecule is O=C1N(CC2CC2)c2ccccc2C12OCC(NCc1ccc(C(F)(F)F)cc1)CO2. The molecule has 1 N–H and O–H groups in total. The van der Waals surface area contributed by atoms with Crippen molar-refractivity contribution in [2.45, 2.75) is 37.4 Å². The smallest absolute Gasteiger partial charge is 0.337 e. The van der Waals surface area contributed by atoms with Gasteiger partial charge in [-0.25, -0.2) is 0 Å². The molecule has 1 saturated heterocycles. The van der Waals surface area contributed by atoms with Gasteiger partial charge >= 0.3 is 6.18 Å². The van der Waals surface area contributed by atoms with Crippen LogP contribution >= 0.6 is 0 Å². The van der Waals surface area contributed by atoms with Crippen molar-refractivity contribution in [3.63, 3.8) is 0 Å². The zero-order chi connectivity index (χ0) is 21.6. The molecule has 0 bridgehead atoms. The molecule has 2 aromatic carbocycles. The molecular weight excluding hydrogens is 409 g/mol. The summed E-state index contributed by atoms with van der Waals surface area (Å²) in [6.45, 7) is 1.58. The number of nitrogens with zero attached hydrogens (tertiary/aromatic N) is 1. The third-order valence-corrected chi connectivity index (χ3v) is 6.07. The van der Waals surface area contributed by atoms with E-state index in [9.17, 15) is 18.0 Å². The van der Waals surface area contributed by atoms with E-state index in [1.54, 1.807) is 4.90 Å². The molecule has 5 nitrogen and oxygen atoms in total. The second-order valence-electron chi connectivity index (χ2n) is 8.39. The van der Waals surface area contributed by atoms with E-state index in [4.69, 9.17) is 9.47 Å². The van der Waals surface area contributed by atoms with Crippen LogP contribution in [0.2, 0.25) is 0 Å². The van der Waals surface area contributed by atoms with Crippen LogP contribution in [0.15, 0.2) is 48.5 Å². The predicted octanol–water partition coefficient (Wildman–Crippen LogP) is 3.82. The number of carbonyl (C=O) groups is 1. The van der Waals surface area contributed by atoms with E-state index >= 15 is 0 Å². The number of fused-ring (bicyclic) bond motifs is 2. The maximum atomic E-state index is 13.3. The molecule has 1 saturated carbocycles. The van der Waals surface area contributed by atoms with Crippen molar-refractivity contribution in [2.75, 3.05) is 24.7 Å². The van der Waals surface area contributed by atoms with Crippen LogP contribution in [0.3, 0.4) is 0 Å². The summed E-state index contributed by atoms with van der Waals surface area (Å²) in [4.78, 5) is 15.0. The minimum Gasteiger partial charge on any atom is -0.337 e. The molecule has 1 amide bonds. The molecule has 0 aromatic heterocycles. The highest BCUT2D eigenvalue weighted by molar-refractivity contribution is 6.06. The molecule has 1 aliphatic carbocycles. The van der Waals surface area contributed by atoms with Gasteiger partial charge in [0.15, 0.2) is 0 Å². The lowest BCUT2D eigenvalue weighted by atomic mass is 10.1. The average molecular weight is 432 g/mol. The van der Waals surface area contributed by atoms with Gasteiger partial charge in [0.25, 0.3) is 11.7 Å². The second-order valence-corrected chi connectivity index (χ2v) is 8.39. The highest BCUT2D eigenvalue weighted by Crippen LogP contribution is 2.46. The largest absolute Gasteiger partial charge is 0.416 e. The lowest BCUT2D eigenvalue weighted by Crippen LogP contribution is -2.54. The zero-order valence-corrected chi connectivity index (χ0v) is 16.8. The van der Waals surface area contributed by atoms with E-state index < -0.39 is 17.5 Å². The summed E-state index contributed by atoms with van der Waals surface area (Å²) in [5, 5.41) is 3.24. The van der Waals surface area contributed by atoms with Gasteiger partial charge in [0.05, 0.1) is 30.5 Å². The first-order valence-electron chi connectivity index (χ1n) is 10.5. The number of ether oxygens (including phenoxy) is 2. The Hall–Kier alpha value is -2.42. The van der Waals surface area contributed by atoms with E-state index in [-0.39, 0.29) is 25.2 Å². The molecule has 1 spiro atoms. The number of halogens is 3. The van der Waals surface area contributed by atoms with Gasteiger partial charge in [-0.1, -0.05) is 30.3 Å². The van der Waals surface area contributed by atoms with Crippen LogP contribution in [0.1, 0.15) is 29.5 Å². The summed E-state index contributed by atoms with van der Waals surface area (Å²) < 4.78 is 50.2. The number of alkyl halides is 3. The molecule has 0 radical (unpaired) electrons. The Labute approximate surface area is 178 Å². The zero-order valence-electron chi connectivity index (χ0n) is 16.8.